The van der Waals surface area contributed by atoms with Gasteiger partial charge in [0.15, 0.2) is 9.84 Å². The molecule has 116 valence electrons. The van der Waals surface area contributed by atoms with Crippen molar-refractivity contribution in [3.05, 3.63) is 30.1 Å². The lowest BCUT2D eigenvalue weighted by molar-refractivity contribution is -0.131. The summed E-state index contributed by atoms with van der Waals surface area (Å²) in [6.07, 6.45) is 0. The number of nitrogens with zero attached hydrogens (tertiary/aromatic N) is 1. The summed E-state index contributed by atoms with van der Waals surface area (Å²) in [5.74, 6) is -0.920. The van der Waals surface area contributed by atoms with Crippen molar-refractivity contribution in [2.75, 3.05) is 19.6 Å². The molecule has 0 bridgehead atoms. The molecule has 0 radical (unpaired) electrons. The average Bonchev–Trinajstić information content (AvgIpc) is 2.46. The molecule has 0 unspecified atom stereocenters. The first-order valence-electron chi connectivity index (χ1n) is 6.84. The number of rotatable bonds is 3. The van der Waals surface area contributed by atoms with Gasteiger partial charge in [0, 0.05) is 25.7 Å². The smallest absolute Gasteiger partial charge is 0.241 e. The van der Waals surface area contributed by atoms with E-state index in [0.717, 1.165) is 12.1 Å². The predicted octanol–water partition coefficient (Wildman–Crippen LogP) is 0.808. The lowest BCUT2D eigenvalue weighted by Crippen LogP contribution is -2.54. The third-order valence-corrected chi connectivity index (χ3v) is 5.70. The van der Waals surface area contributed by atoms with Crippen LogP contribution < -0.4 is 5.32 Å². The van der Waals surface area contributed by atoms with E-state index in [1.54, 1.807) is 4.90 Å². The van der Waals surface area contributed by atoms with E-state index < -0.39 is 26.8 Å². The van der Waals surface area contributed by atoms with Crippen LogP contribution in [0.15, 0.2) is 29.2 Å². The van der Waals surface area contributed by atoms with Crippen molar-refractivity contribution in [2.24, 2.45) is 0 Å². The van der Waals surface area contributed by atoms with Crippen molar-refractivity contribution in [2.45, 2.75) is 30.0 Å². The van der Waals surface area contributed by atoms with Crippen molar-refractivity contribution in [1.82, 2.24) is 10.2 Å². The maximum Gasteiger partial charge on any atom is 0.241 e. The first-order valence-corrected chi connectivity index (χ1v) is 8.38. The average molecular weight is 314 g/mol. The van der Waals surface area contributed by atoms with E-state index in [-0.39, 0.29) is 10.9 Å². The van der Waals surface area contributed by atoms with E-state index in [4.69, 9.17) is 0 Å². The van der Waals surface area contributed by atoms with Gasteiger partial charge in [0.2, 0.25) is 5.91 Å². The zero-order valence-corrected chi connectivity index (χ0v) is 12.9. The Labute approximate surface area is 124 Å². The Balaban J connectivity index is 2.19. The summed E-state index contributed by atoms with van der Waals surface area (Å²) in [6, 6.07) is 4.68. The van der Waals surface area contributed by atoms with Crippen molar-refractivity contribution in [1.29, 1.82) is 0 Å². The molecule has 1 saturated heterocycles. The second-order valence-corrected chi connectivity index (χ2v) is 7.55. The Bertz CT molecular complexity index is 616. The molecule has 1 fully saturated rings. The van der Waals surface area contributed by atoms with E-state index in [9.17, 15) is 17.6 Å². The monoisotopic (exact) mass is 314 g/mol. The molecular formula is C14H19FN2O3S. The van der Waals surface area contributed by atoms with Crippen molar-refractivity contribution >= 4 is 15.7 Å². The van der Waals surface area contributed by atoms with Crippen LogP contribution in [-0.4, -0.2) is 50.2 Å². The van der Waals surface area contributed by atoms with Crippen LogP contribution in [-0.2, 0) is 14.6 Å². The van der Waals surface area contributed by atoms with Crippen molar-refractivity contribution in [3.8, 4) is 0 Å². The second kappa shape index (κ2) is 6.11. The quantitative estimate of drug-likeness (QED) is 0.839. The Morgan fingerprint density at radius 2 is 2.00 bits per heavy atom. The van der Waals surface area contributed by atoms with Crippen LogP contribution in [0, 0.1) is 5.82 Å². The van der Waals surface area contributed by atoms with Gasteiger partial charge in [0.05, 0.1) is 4.90 Å². The van der Waals surface area contributed by atoms with E-state index in [2.05, 4.69) is 5.32 Å². The SMILES string of the molecule is C[C@H](C(=O)N1CCN[C@@H](C)C1)S(=O)(=O)c1ccc(F)cc1. The van der Waals surface area contributed by atoms with Crippen LogP contribution in [0.25, 0.3) is 0 Å². The van der Waals surface area contributed by atoms with Gasteiger partial charge in [-0.1, -0.05) is 0 Å². The highest BCUT2D eigenvalue weighted by molar-refractivity contribution is 7.92. The molecule has 0 spiro atoms. The van der Waals surface area contributed by atoms with Gasteiger partial charge in [-0.15, -0.1) is 0 Å². The number of nitrogens with one attached hydrogen (secondary N) is 1. The molecule has 0 aromatic heterocycles. The third-order valence-electron chi connectivity index (χ3n) is 3.64. The number of benzene rings is 1. The lowest BCUT2D eigenvalue weighted by atomic mass is 10.2. The molecule has 1 heterocycles. The number of amides is 1. The summed E-state index contributed by atoms with van der Waals surface area (Å²) in [5.41, 5.74) is 0. The molecular weight excluding hydrogens is 295 g/mol. The van der Waals surface area contributed by atoms with Crippen molar-refractivity contribution in [3.63, 3.8) is 0 Å². The number of piperazine rings is 1. The fourth-order valence-corrected chi connectivity index (χ4v) is 3.69. The van der Waals surface area contributed by atoms with Crippen LogP contribution in [0.4, 0.5) is 4.39 Å². The minimum Gasteiger partial charge on any atom is -0.339 e. The standard InChI is InChI=1S/C14H19FN2O3S/c1-10-9-17(8-7-16-10)14(18)11(2)21(19,20)13-5-3-12(15)4-6-13/h3-6,10-11,16H,7-9H2,1-2H3/t10-,11+/m0/s1. The van der Waals surface area contributed by atoms with Crippen LogP contribution in [0.3, 0.4) is 0 Å². The zero-order chi connectivity index (χ0) is 15.6. The summed E-state index contributed by atoms with van der Waals surface area (Å²) >= 11 is 0. The van der Waals surface area contributed by atoms with Gasteiger partial charge in [0.1, 0.15) is 11.1 Å². The third kappa shape index (κ3) is 3.41. The van der Waals surface area contributed by atoms with E-state index in [1.165, 1.54) is 19.1 Å². The summed E-state index contributed by atoms with van der Waals surface area (Å²) in [4.78, 5) is 13.9. The van der Waals surface area contributed by atoms with Gasteiger partial charge >= 0.3 is 0 Å². The minimum absolute atomic E-state index is 0.0343. The van der Waals surface area contributed by atoms with Crippen LogP contribution in [0.2, 0.25) is 0 Å². The first-order chi connectivity index (χ1) is 9.82. The topological polar surface area (TPSA) is 66.5 Å². The molecule has 7 heteroatoms. The Hall–Kier alpha value is -1.47. The minimum atomic E-state index is -3.80. The van der Waals surface area contributed by atoms with Crippen LogP contribution >= 0.6 is 0 Å². The highest BCUT2D eigenvalue weighted by Crippen LogP contribution is 2.18. The Kier molecular flexibility index (Phi) is 4.63. The molecule has 5 nitrogen and oxygen atoms in total. The van der Waals surface area contributed by atoms with Crippen LogP contribution in [0.5, 0.6) is 0 Å². The van der Waals surface area contributed by atoms with Gasteiger partial charge in [-0.3, -0.25) is 4.79 Å². The summed E-state index contributed by atoms with van der Waals surface area (Å²) in [6.45, 7) is 4.96. The Morgan fingerprint density at radius 3 is 2.57 bits per heavy atom. The highest BCUT2D eigenvalue weighted by atomic mass is 32.2. The number of sulfone groups is 1. The normalized spacial score (nSPS) is 21.1. The molecule has 0 aliphatic carbocycles. The van der Waals surface area contributed by atoms with Crippen LogP contribution in [0.1, 0.15) is 13.8 Å². The molecule has 1 aliphatic rings. The lowest BCUT2D eigenvalue weighted by Gasteiger charge is -2.33. The maximum atomic E-state index is 12.9. The predicted molar refractivity (Wildman–Crippen MR) is 77.1 cm³/mol. The second-order valence-electron chi connectivity index (χ2n) is 5.28. The summed E-state index contributed by atoms with van der Waals surface area (Å²) in [5, 5.41) is 2.02. The molecule has 1 aliphatic heterocycles. The Morgan fingerprint density at radius 1 is 1.38 bits per heavy atom. The molecule has 2 rings (SSSR count). The molecule has 1 aromatic carbocycles. The summed E-state index contributed by atoms with van der Waals surface area (Å²) in [7, 11) is -3.80. The molecule has 1 amide bonds. The number of hydrogen-bond donors (Lipinski definition) is 1. The first kappa shape index (κ1) is 15.9. The molecule has 0 saturated carbocycles. The fourth-order valence-electron chi connectivity index (χ4n) is 2.35. The van der Waals surface area contributed by atoms with Gasteiger partial charge in [-0.25, -0.2) is 12.8 Å². The molecule has 21 heavy (non-hydrogen) atoms. The fraction of sp³-hybridized carbons (Fsp3) is 0.500. The number of halogens is 1. The van der Waals surface area contributed by atoms with Gasteiger partial charge in [0.25, 0.3) is 0 Å². The highest BCUT2D eigenvalue weighted by Gasteiger charge is 2.34. The van der Waals surface area contributed by atoms with E-state index >= 15 is 0 Å². The molecule has 2 atom stereocenters. The van der Waals surface area contributed by atoms with Gasteiger partial charge in [-0.2, -0.15) is 0 Å². The molecule has 1 N–H and O–H groups in total. The van der Waals surface area contributed by atoms with Gasteiger partial charge in [-0.05, 0) is 38.1 Å². The number of hydrogen-bond acceptors (Lipinski definition) is 4. The number of carbonyl (C=O) groups excluding carboxylic acids is 1. The maximum absolute atomic E-state index is 12.9. The number of carbonyl (C=O) groups is 1. The van der Waals surface area contributed by atoms with E-state index in [1.807, 2.05) is 6.92 Å². The van der Waals surface area contributed by atoms with Gasteiger partial charge < -0.3 is 10.2 Å². The van der Waals surface area contributed by atoms with Crippen molar-refractivity contribution < 1.29 is 17.6 Å². The largest absolute Gasteiger partial charge is 0.339 e. The molecule has 1 aromatic rings. The zero-order valence-electron chi connectivity index (χ0n) is 12.0. The summed E-state index contributed by atoms with van der Waals surface area (Å²) < 4.78 is 37.7. The van der Waals surface area contributed by atoms with E-state index in [0.29, 0.717) is 19.6 Å².